The van der Waals surface area contributed by atoms with E-state index in [-0.39, 0.29) is 17.5 Å². The van der Waals surface area contributed by atoms with Gasteiger partial charge in [-0.1, -0.05) is 30.3 Å². The number of fused-ring (bicyclic) bond motifs is 2. The topological polar surface area (TPSA) is 59.8 Å². The van der Waals surface area contributed by atoms with Crippen molar-refractivity contribution in [1.82, 2.24) is 0 Å². The highest BCUT2D eigenvalue weighted by atomic mass is 16.5. The Morgan fingerprint density at radius 2 is 2.00 bits per heavy atom. The first-order valence-corrected chi connectivity index (χ1v) is 8.12. The van der Waals surface area contributed by atoms with Crippen LogP contribution in [0.25, 0.3) is 11.0 Å². The molecule has 3 aromatic rings. The third-order valence-electron chi connectivity index (χ3n) is 4.60. The van der Waals surface area contributed by atoms with Crippen LogP contribution in [0.1, 0.15) is 22.8 Å². The predicted octanol–water partition coefficient (Wildman–Crippen LogP) is 3.39. The standard InChI is InChI=1S/C20H17NO4/c1-12-10-13-6-3-4-8-16(13)21(12)19(22)15-11-14-7-5-9-17(24-2)18(14)25-20(15)23/h3-9,11-12H,10H2,1-2H3/t12-/m0/s1. The summed E-state index contributed by atoms with van der Waals surface area (Å²) in [6, 6.07) is 14.6. The molecule has 0 saturated carbocycles. The van der Waals surface area contributed by atoms with Gasteiger partial charge in [0.15, 0.2) is 11.3 Å². The monoisotopic (exact) mass is 335 g/mol. The van der Waals surface area contributed by atoms with Crippen molar-refractivity contribution in [3.8, 4) is 5.75 Å². The average Bonchev–Trinajstić information content (AvgIpc) is 2.95. The number of rotatable bonds is 2. The third-order valence-corrected chi connectivity index (χ3v) is 4.60. The number of methoxy groups -OCH3 is 1. The molecule has 0 fully saturated rings. The predicted molar refractivity (Wildman–Crippen MR) is 95.5 cm³/mol. The molecule has 1 amide bonds. The first kappa shape index (κ1) is 15.4. The summed E-state index contributed by atoms with van der Waals surface area (Å²) in [5, 5.41) is 0.655. The molecule has 1 aliphatic rings. The number of carbonyl (C=O) groups is 1. The number of hydrogen-bond acceptors (Lipinski definition) is 4. The van der Waals surface area contributed by atoms with Crippen molar-refractivity contribution in [2.45, 2.75) is 19.4 Å². The van der Waals surface area contributed by atoms with Crippen LogP contribution < -0.4 is 15.3 Å². The van der Waals surface area contributed by atoms with Gasteiger partial charge in [0.1, 0.15) is 5.56 Å². The Balaban J connectivity index is 1.84. The van der Waals surface area contributed by atoms with Gasteiger partial charge in [-0.25, -0.2) is 4.79 Å². The summed E-state index contributed by atoms with van der Waals surface area (Å²) in [5.41, 5.74) is 1.68. The smallest absolute Gasteiger partial charge is 0.349 e. The number of benzene rings is 2. The molecule has 0 unspecified atom stereocenters. The number of nitrogens with zero attached hydrogens (tertiary/aromatic N) is 1. The molecular weight excluding hydrogens is 318 g/mol. The summed E-state index contributed by atoms with van der Waals surface area (Å²) in [7, 11) is 1.51. The molecule has 25 heavy (non-hydrogen) atoms. The van der Waals surface area contributed by atoms with E-state index >= 15 is 0 Å². The Morgan fingerprint density at radius 3 is 2.80 bits per heavy atom. The van der Waals surface area contributed by atoms with Crippen LogP contribution in [-0.4, -0.2) is 19.1 Å². The van der Waals surface area contributed by atoms with Gasteiger partial charge in [0.2, 0.25) is 0 Å². The van der Waals surface area contributed by atoms with E-state index in [0.717, 1.165) is 17.7 Å². The lowest BCUT2D eigenvalue weighted by atomic mass is 10.1. The van der Waals surface area contributed by atoms with Crippen LogP contribution in [0, 0.1) is 0 Å². The molecule has 0 N–H and O–H groups in total. The maximum absolute atomic E-state index is 13.1. The zero-order valence-electron chi connectivity index (χ0n) is 14.0. The largest absolute Gasteiger partial charge is 0.493 e. The summed E-state index contributed by atoms with van der Waals surface area (Å²) >= 11 is 0. The number of ether oxygens (including phenoxy) is 1. The third kappa shape index (κ3) is 2.39. The first-order valence-electron chi connectivity index (χ1n) is 8.12. The minimum atomic E-state index is -0.654. The normalized spacial score (nSPS) is 16.1. The molecular formula is C20H17NO4. The second-order valence-electron chi connectivity index (χ2n) is 6.18. The summed E-state index contributed by atoms with van der Waals surface area (Å²) in [6.07, 6.45) is 0.772. The molecule has 1 atom stereocenters. The van der Waals surface area contributed by atoms with Crippen molar-refractivity contribution in [1.29, 1.82) is 0 Å². The fraction of sp³-hybridized carbons (Fsp3) is 0.200. The lowest BCUT2D eigenvalue weighted by Crippen LogP contribution is -2.38. The van der Waals surface area contributed by atoms with Gasteiger partial charge in [-0.2, -0.15) is 0 Å². The van der Waals surface area contributed by atoms with Gasteiger partial charge in [-0.3, -0.25) is 4.79 Å². The highest BCUT2D eigenvalue weighted by molar-refractivity contribution is 6.08. The van der Waals surface area contributed by atoms with Gasteiger partial charge < -0.3 is 14.1 Å². The Hall–Kier alpha value is -3.08. The molecule has 5 nitrogen and oxygen atoms in total. The minimum absolute atomic E-state index is 0.00898. The second kappa shape index (κ2) is 5.77. The molecule has 4 rings (SSSR count). The van der Waals surface area contributed by atoms with Crippen LogP contribution in [0.4, 0.5) is 5.69 Å². The molecule has 126 valence electrons. The lowest BCUT2D eigenvalue weighted by molar-refractivity contribution is 0.0978. The number of amides is 1. The lowest BCUT2D eigenvalue weighted by Gasteiger charge is -2.22. The number of anilines is 1. The van der Waals surface area contributed by atoms with E-state index in [4.69, 9.17) is 9.15 Å². The molecule has 0 bridgehead atoms. The summed E-state index contributed by atoms with van der Waals surface area (Å²) in [6.45, 7) is 1.98. The van der Waals surface area contributed by atoms with Crippen molar-refractivity contribution in [3.63, 3.8) is 0 Å². The Labute approximate surface area is 144 Å². The summed E-state index contributed by atoms with van der Waals surface area (Å²) < 4.78 is 10.6. The van der Waals surface area contributed by atoms with Crippen molar-refractivity contribution in [2.24, 2.45) is 0 Å². The maximum atomic E-state index is 13.1. The number of carbonyl (C=O) groups excluding carboxylic acids is 1. The minimum Gasteiger partial charge on any atom is -0.493 e. The Bertz CT molecular complexity index is 1040. The Kier molecular flexibility index (Phi) is 3.57. The van der Waals surface area contributed by atoms with E-state index in [1.807, 2.05) is 31.2 Å². The fourth-order valence-electron chi connectivity index (χ4n) is 3.43. The van der Waals surface area contributed by atoms with E-state index in [9.17, 15) is 9.59 Å². The van der Waals surface area contributed by atoms with Crippen molar-refractivity contribution in [3.05, 3.63) is 70.1 Å². The zero-order valence-corrected chi connectivity index (χ0v) is 14.0. The molecule has 2 aromatic carbocycles. The van der Waals surface area contributed by atoms with Gasteiger partial charge in [0, 0.05) is 17.1 Å². The Morgan fingerprint density at radius 1 is 1.20 bits per heavy atom. The van der Waals surface area contributed by atoms with Crippen molar-refractivity contribution < 1.29 is 13.9 Å². The first-order chi connectivity index (χ1) is 12.1. The SMILES string of the molecule is COc1cccc2cc(C(=O)N3c4ccccc4C[C@@H]3C)c(=O)oc12. The molecule has 2 heterocycles. The van der Waals surface area contributed by atoms with E-state index in [1.54, 1.807) is 29.2 Å². The van der Waals surface area contributed by atoms with Gasteiger partial charge >= 0.3 is 5.63 Å². The molecule has 5 heteroatoms. The van der Waals surface area contributed by atoms with Crippen LogP contribution in [0.2, 0.25) is 0 Å². The summed E-state index contributed by atoms with van der Waals surface area (Å²) in [5.74, 6) is 0.129. The van der Waals surface area contributed by atoms with Gasteiger partial charge in [0.05, 0.1) is 7.11 Å². The zero-order chi connectivity index (χ0) is 17.6. The summed E-state index contributed by atoms with van der Waals surface area (Å²) in [4.78, 5) is 27.2. The fourth-order valence-corrected chi connectivity index (χ4v) is 3.43. The van der Waals surface area contributed by atoms with Crippen LogP contribution >= 0.6 is 0 Å². The number of para-hydroxylation sites is 2. The average molecular weight is 335 g/mol. The van der Waals surface area contributed by atoms with E-state index < -0.39 is 5.63 Å². The van der Waals surface area contributed by atoms with Crippen molar-refractivity contribution >= 4 is 22.6 Å². The van der Waals surface area contributed by atoms with E-state index in [0.29, 0.717) is 16.7 Å². The molecule has 1 aliphatic heterocycles. The van der Waals surface area contributed by atoms with Crippen LogP contribution in [0.5, 0.6) is 5.75 Å². The van der Waals surface area contributed by atoms with Gasteiger partial charge in [0.25, 0.3) is 5.91 Å². The van der Waals surface area contributed by atoms with Crippen molar-refractivity contribution in [2.75, 3.05) is 12.0 Å². The van der Waals surface area contributed by atoms with E-state index in [1.165, 1.54) is 7.11 Å². The molecule has 1 aromatic heterocycles. The van der Waals surface area contributed by atoms with E-state index in [2.05, 4.69) is 0 Å². The molecule has 0 aliphatic carbocycles. The number of hydrogen-bond donors (Lipinski definition) is 0. The molecule has 0 saturated heterocycles. The van der Waals surface area contributed by atoms with Gasteiger partial charge in [-0.05, 0) is 37.1 Å². The highest BCUT2D eigenvalue weighted by Gasteiger charge is 2.33. The van der Waals surface area contributed by atoms with Gasteiger partial charge in [-0.15, -0.1) is 0 Å². The molecule has 0 radical (unpaired) electrons. The van der Waals surface area contributed by atoms with Crippen LogP contribution in [0.3, 0.4) is 0 Å². The highest BCUT2D eigenvalue weighted by Crippen LogP contribution is 2.33. The van der Waals surface area contributed by atoms with Crippen LogP contribution in [0.15, 0.2) is 57.7 Å². The quantitative estimate of drug-likeness (QED) is 0.674. The molecule has 0 spiro atoms. The second-order valence-corrected chi connectivity index (χ2v) is 6.18. The van der Waals surface area contributed by atoms with Crippen LogP contribution in [-0.2, 0) is 6.42 Å². The maximum Gasteiger partial charge on any atom is 0.349 e.